The van der Waals surface area contributed by atoms with Crippen LogP contribution in [0.4, 0.5) is 5.82 Å². The molecule has 6 nitrogen and oxygen atoms in total. The first-order valence-electron chi connectivity index (χ1n) is 10.4. The number of nitrogens with zero attached hydrogens (tertiary/aromatic N) is 3. The van der Waals surface area contributed by atoms with Gasteiger partial charge in [-0.05, 0) is 49.4 Å². The fourth-order valence-corrected chi connectivity index (χ4v) is 3.68. The summed E-state index contributed by atoms with van der Waals surface area (Å²) in [7, 11) is 0. The van der Waals surface area contributed by atoms with Gasteiger partial charge in [0.1, 0.15) is 11.6 Å². The van der Waals surface area contributed by atoms with Crippen molar-refractivity contribution in [3.63, 3.8) is 0 Å². The van der Waals surface area contributed by atoms with Gasteiger partial charge in [0, 0.05) is 37.8 Å². The zero-order valence-electron chi connectivity index (χ0n) is 17.5. The molecule has 1 fully saturated rings. The molecule has 2 aromatic heterocycles. The lowest BCUT2D eigenvalue weighted by atomic mass is 9.89. The largest absolute Gasteiger partial charge is 0.364 e. The Morgan fingerprint density at radius 1 is 1.24 bits per heavy atom. The number of hydrogen-bond donors (Lipinski definition) is 1. The van der Waals surface area contributed by atoms with Crippen molar-refractivity contribution in [2.75, 3.05) is 18.4 Å². The van der Waals surface area contributed by atoms with Gasteiger partial charge in [0.2, 0.25) is 0 Å². The molecule has 3 rings (SSSR count). The standard InChI is InChI=1S/C23H30N4O2/c1-16(2)12-21(28)19-7-5-11-27(15-19)23(29)18-8-9-22(25-13-18)26-14-20-17(3)6-4-10-24-20/h4,6,8-10,13,16,19H,5,7,11-12,14-15H2,1-3H3,(H,25,26)/t19-/m0/s1. The van der Waals surface area contributed by atoms with Crippen LogP contribution in [0.2, 0.25) is 0 Å². The van der Waals surface area contributed by atoms with Gasteiger partial charge >= 0.3 is 0 Å². The Morgan fingerprint density at radius 3 is 2.76 bits per heavy atom. The minimum Gasteiger partial charge on any atom is -0.364 e. The first-order valence-corrected chi connectivity index (χ1v) is 10.4. The molecule has 6 heteroatoms. The number of carbonyl (C=O) groups is 2. The number of amides is 1. The van der Waals surface area contributed by atoms with Gasteiger partial charge in [-0.1, -0.05) is 19.9 Å². The molecule has 1 aliphatic rings. The first-order chi connectivity index (χ1) is 13.9. The zero-order valence-corrected chi connectivity index (χ0v) is 17.5. The van der Waals surface area contributed by atoms with Gasteiger partial charge in [-0.2, -0.15) is 0 Å². The van der Waals surface area contributed by atoms with Crippen LogP contribution in [0.5, 0.6) is 0 Å². The van der Waals surface area contributed by atoms with Gasteiger partial charge in [0.05, 0.1) is 17.8 Å². The summed E-state index contributed by atoms with van der Waals surface area (Å²) in [5.74, 6) is 1.25. The van der Waals surface area contributed by atoms with Crippen molar-refractivity contribution in [2.24, 2.45) is 11.8 Å². The second-order valence-electron chi connectivity index (χ2n) is 8.21. The van der Waals surface area contributed by atoms with E-state index in [1.165, 1.54) is 0 Å². The number of hydrogen-bond acceptors (Lipinski definition) is 5. The fraction of sp³-hybridized carbons (Fsp3) is 0.478. The first kappa shape index (κ1) is 21.0. The summed E-state index contributed by atoms with van der Waals surface area (Å²) in [4.78, 5) is 35.8. The Labute approximate surface area is 172 Å². The Morgan fingerprint density at radius 2 is 2.07 bits per heavy atom. The maximum atomic E-state index is 12.9. The van der Waals surface area contributed by atoms with Crippen molar-refractivity contribution in [1.29, 1.82) is 0 Å². The molecular formula is C23H30N4O2. The predicted octanol–water partition coefficient (Wildman–Crippen LogP) is 3.86. The minimum absolute atomic E-state index is 0.0365. The monoisotopic (exact) mass is 394 g/mol. The van der Waals surface area contributed by atoms with Crippen molar-refractivity contribution >= 4 is 17.5 Å². The smallest absolute Gasteiger partial charge is 0.255 e. The number of rotatable bonds is 7. The molecule has 0 bridgehead atoms. The Kier molecular flexibility index (Phi) is 6.96. The number of anilines is 1. The molecule has 0 spiro atoms. The van der Waals surface area contributed by atoms with E-state index in [0.29, 0.717) is 43.4 Å². The fourth-order valence-electron chi connectivity index (χ4n) is 3.68. The molecule has 29 heavy (non-hydrogen) atoms. The maximum absolute atomic E-state index is 12.9. The molecule has 0 aromatic carbocycles. The second-order valence-corrected chi connectivity index (χ2v) is 8.21. The normalized spacial score (nSPS) is 16.7. The van der Waals surface area contributed by atoms with E-state index in [0.717, 1.165) is 24.1 Å². The van der Waals surface area contributed by atoms with E-state index in [1.54, 1.807) is 23.4 Å². The van der Waals surface area contributed by atoms with Gasteiger partial charge < -0.3 is 10.2 Å². The highest BCUT2D eigenvalue weighted by Crippen LogP contribution is 2.22. The van der Waals surface area contributed by atoms with Crippen LogP contribution in [-0.2, 0) is 11.3 Å². The molecule has 1 N–H and O–H groups in total. The molecule has 0 radical (unpaired) electrons. The lowest BCUT2D eigenvalue weighted by Crippen LogP contribution is -2.42. The SMILES string of the molecule is Cc1cccnc1CNc1ccc(C(=O)N2CCC[C@H](C(=O)CC(C)C)C2)cn1. The summed E-state index contributed by atoms with van der Waals surface area (Å²) < 4.78 is 0. The van der Waals surface area contributed by atoms with E-state index in [4.69, 9.17) is 0 Å². The molecule has 1 saturated heterocycles. The number of likely N-dealkylation sites (tertiary alicyclic amines) is 1. The second kappa shape index (κ2) is 9.63. The molecule has 3 heterocycles. The van der Waals surface area contributed by atoms with Gasteiger partial charge in [-0.25, -0.2) is 4.98 Å². The van der Waals surface area contributed by atoms with E-state index >= 15 is 0 Å². The van der Waals surface area contributed by atoms with Gasteiger partial charge in [0.25, 0.3) is 5.91 Å². The van der Waals surface area contributed by atoms with Gasteiger partial charge in [0.15, 0.2) is 0 Å². The van der Waals surface area contributed by atoms with Crippen LogP contribution in [0.15, 0.2) is 36.7 Å². The topological polar surface area (TPSA) is 75.2 Å². The molecule has 0 saturated carbocycles. The van der Waals surface area contributed by atoms with Crippen LogP contribution >= 0.6 is 0 Å². The number of ketones is 1. The third-order valence-corrected chi connectivity index (χ3v) is 5.34. The number of pyridine rings is 2. The van der Waals surface area contributed by atoms with Crippen molar-refractivity contribution in [3.8, 4) is 0 Å². The Balaban J connectivity index is 1.58. The number of carbonyl (C=O) groups excluding carboxylic acids is 2. The Hall–Kier alpha value is -2.76. The lowest BCUT2D eigenvalue weighted by Gasteiger charge is -2.32. The number of nitrogens with one attached hydrogen (secondary N) is 1. The predicted molar refractivity (Wildman–Crippen MR) is 114 cm³/mol. The quantitative estimate of drug-likeness (QED) is 0.772. The van der Waals surface area contributed by atoms with E-state index in [2.05, 4.69) is 29.1 Å². The minimum atomic E-state index is -0.0494. The highest BCUT2D eigenvalue weighted by Gasteiger charge is 2.29. The van der Waals surface area contributed by atoms with Gasteiger partial charge in [-0.3, -0.25) is 14.6 Å². The zero-order chi connectivity index (χ0) is 20.8. The summed E-state index contributed by atoms with van der Waals surface area (Å²) in [5, 5.41) is 3.24. The van der Waals surface area contributed by atoms with Crippen LogP contribution in [-0.4, -0.2) is 39.6 Å². The van der Waals surface area contributed by atoms with Crippen molar-refractivity contribution in [1.82, 2.24) is 14.9 Å². The molecular weight excluding hydrogens is 364 g/mol. The average Bonchev–Trinajstić information content (AvgIpc) is 2.72. The summed E-state index contributed by atoms with van der Waals surface area (Å²) in [5.41, 5.74) is 2.65. The van der Waals surface area contributed by atoms with Crippen LogP contribution < -0.4 is 5.32 Å². The summed E-state index contributed by atoms with van der Waals surface area (Å²) in [6, 6.07) is 7.55. The van der Waals surface area contributed by atoms with Gasteiger partial charge in [-0.15, -0.1) is 0 Å². The summed E-state index contributed by atoms with van der Waals surface area (Å²) >= 11 is 0. The molecule has 154 valence electrons. The number of Topliss-reactive ketones (excluding diaryl/α,β-unsaturated/α-hetero) is 1. The van der Waals surface area contributed by atoms with Crippen LogP contribution in [0, 0.1) is 18.8 Å². The molecule has 0 unspecified atom stereocenters. The van der Waals surface area contributed by atoms with Crippen LogP contribution in [0.3, 0.4) is 0 Å². The van der Waals surface area contributed by atoms with E-state index < -0.39 is 0 Å². The molecule has 1 aliphatic heterocycles. The lowest BCUT2D eigenvalue weighted by molar-refractivity contribution is -0.124. The van der Waals surface area contributed by atoms with E-state index in [9.17, 15) is 9.59 Å². The average molecular weight is 395 g/mol. The molecule has 2 aromatic rings. The summed E-state index contributed by atoms with van der Waals surface area (Å²) in [6.45, 7) is 7.93. The number of aryl methyl sites for hydroxylation is 1. The third kappa shape index (κ3) is 5.62. The van der Waals surface area contributed by atoms with Crippen LogP contribution in [0.25, 0.3) is 0 Å². The van der Waals surface area contributed by atoms with E-state index in [1.807, 2.05) is 25.1 Å². The maximum Gasteiger partial charge on any atom is 0.255 e. The molecule has 1 atom stereocenters. The van der Waals surface area contributed by atoms with Crippen molar-refractivity contribution in [2.45, 2.75) is 46.6 Å². The molecule has 1 amide bonds. The molecule has 0 aliphatic carbocycles. The summed E-state index contributed by atoms with van der Waals surface area (Å²) in [6.07, 6.45) is 5.72. The number of aromatic nitrogens is 2. The Bertz CT molecular complexity index is 848. The number of piperidine rings is 1. The van der Waals surface area contributed by atoms with Crippen LogP contribution in [0.1, 0.15) is 54.7 Å². The van der Waals surface area contributed by atoms with Crippen molar-refractivity contribution in [3.05, 3.63) is 53.5 Å². The highest BCUT2D eigenvalue weighted by molar-refractivity contribution is 5.94. The third-order valence-electron chi connectivity index (χ3n) is 5.34. The van der Waals surface area contributed by atoms with Crippen molar-refractivity contribution < 1.29 is 9.59 Å². The highest BCUT2D eigenvalue weighted by atomic mass is 16.2. The van der Waals surface area contributed by atoms with E-state index in [-0.39, 0.29) is 17.6 Å².